The zero-order valence-corrected chi connectivity index (χ0v) is 21.4. The van der Waals surface area contributed by atoms with E-state index >= 15 is 0 Å². The van der Waals surface area contributed by atoms with E-state index in [-0.39, 0.29) is 12.3 Å². The summed E-state index contributed by atoms with van der Waals surface area (Å²) in [5.41, 5.74) is 3.20. The van der Waals surface area contributed by atoms with Gasteiger partial charge in [0, 0.05) is 56.0 Å². The van der Waals surface area contributed by atoms with Crippen LogP contribution in [0.2, 0.25) is 25.7 Å². The molecular weight excluding hydrogens is 465 g/mol. The number of rotatable bonds is 9. The van der Waals surface area contributed by atoms with E-state index in [1.165, 1.54) is 0 Å². The highest BCUT2D eigenvalue weighted by atomic mass is 28.3. The number of fused-ring (bicyclic) bond motifs is 2. The number of nitrogens with one attached hydrogen (secondary N) is 1. The third-order valence-electron chi connectivity index (χ3n) is 6.26. The monoisotopic (exact) mass is 495 g/mol. The van der Waals surface area contributed by atoms with Crippen LogP contribution in [-0.4, -0.2) is 52.8 Å². The van der Waals surface area contributed by atoms with Crippen molar-refractivity contribution >= 4 is 36.5 Å². The zero-order chi connectivity index (χ0) is 24.7. The van der Waals surface area contributed by atoms with Crippen molar-refractivity contribution in [3.8, 4) is 16.9 Å². The smallest absolute Gasteiger partial charge is 0.231 e. The largest absolute Gasteiger partial charge is 0.492 e. The van der Waals surface area contributed by atoms with Crippen LogP contribution in [0.5, 0.6) is 5.75 Å². The van der Waals surface area contributed by atoms with Crippen molar-refractivity contribution in [1.29, 1.82) is 0 Å². The summed E-state index contributed by atoms with van der Waals surface area (Å²) in [7, 11) is 0.413. The number of imidazole rings is 1. The average Bonchev–Trinajstić information content (AvgIpc) is 3.21. The van der Waals surface area contributed by atoms with Gasteiger partial charge in [-0.3, -0.25) is 4.79 Å². The van der Waals surface area contributed by atoms with Gasteiger partial charge in [-0.15, -0.1) is 0 Å². The second-order valence-electron chi connectivity index (χ2n) is 10.2. The summed E-state index contributed by atoms with van der Waals surface area (Å²) in [6.45, 7) is 7.94. The SMILES string of the molecule is COc1c(-c2cn(COCC[Si](C)(C)C)c3nc(NC(=O)[C@@H]4C[C@@H]4F)ccc23)ccn2ccnc12. The fourth-order valence-corrected chi connectivity index (χ4v) is 4.87. The maximum absolute atomic E-state index is 13.3. The van der Waals surface area contributed by atoms with Gasteiger partial charge < -0.3 is 23.8 Å². The number of anilines is 1. The number of hydrogen-bond donors (Lipinski definition) is 1. The Labute approximate surface area is 204 Å². The Balaban J connectivity index is 1.53. The van der Waals surface area contributed by atoms with Crippen LogP contribution >= 0.6 is 0 Å². The fourth-order valence-electron chi connectivity index (χ4n) is 4.12. The fraction of sp³-hybridized carbons (Fsp3) is 0.400. The first-order valence-corrected chi connectivity index (χ1v) is 15.5. The first-order chi connectivity index (χ1) is 16.7. The van der Waals surface area contributed by atoms with Crippen LogP contribution < -0.4 is 10.1 Å². The van der Waals surface area contributed by atoms with Gasteiger partial charge in [0.2, 0.25) is 5.91 Å². The molecule has 0 saturated heterocycles. The van der Waals surface area contributed by atoms with E-state index in [4.69, 9.17) is 14.5 Å². The lowest BCUT2D eigenvalue weighted by atomic mass is 10.1. The Morgan fingerprint density at radius 3 is 2.71 bits per heavy atom. The summed E-state index contributed by atoms with van der Waals surface area (Å²) in [5.74, 6) is 0.146. The minimum absolute atomic E-state index is 0.273. The summed E-state index contributed by atoms with van der Waals surface area (Å²) in [4.78, 5) is 21.4. The van der Waals surface area contributed by atoms with Crippen LogP contribution in [0.25, 0.3) is 27.8 Å². The summed E-state index contributed by atoms with van der Waals surface area (Å²) >= 11 is 0. The lowest BCUT2D eigenvalue weighted by Crippen LogP contribution is -2.22. The number of amides is 1. The van der Waals surface area contributed by atoms with Crippen LogP contribution in [0.4, 0.5) is 10.2 Å². The lowest BCUT2D eigenvalue weighted by molar-refractivity contribution is -0.117. The average molecular weight is 496 g/mol. The number of hydrogen-bond acceptors (Lipinski definition) is 5. The topological polar surface area (TPSA) is 82.7 Å². The molecule has 35 heavy (non-hydrogen) atoms. The molecule has 1 fully saturated rings. The van der Waals surface area contributed by atoms with Crippen molar-refractivity contribution in [2.75, 3.05) is 19.0 Å². The first kappa shape index (κ1) is 23.5. The molecule has 1 amide bonds. The third kappa shape index (κ3) is 4.80. The predicted octanol–water partition coefficient (Wildman–Crippen LogP) is 4.97. The van der Waals surface area contributed by atoms with Crippen LogP contribution in [0.15, 0.2) is 43.0 Å². The molecular formula is C25H30FN5O3Si. The van der Waals surface area contributed by atoms with Crippen LogP contribution in [0.1, 0.15) is 6.42 Å². The quantitative estimate of drug-likeness (QED) is 0.262. The van der Waals surface area contributed by atoms with Gasteiger partial charge >= 0.3 is 0 Å². The van der Waals surface area contributed by atoms with Gasteiger partial charge in [-0.1, -0.05) is 19.6 Å². The van der Waals surface area contributed by atoms with Crippen LogP contribution in [0, 0.1) is 5.92 Å². The molecule has 2 atom stereocenters. The number of methoxy groups -OCH3 is 1. The zero-order valence-electron chi connectivity index (χ0n) is 20.4. The number of halogens is 1. The van der Waals surface area contributed by atoms with Crippen molar-refractivity contribution < 1.29 is 18.7 Å². The van der Waals surface area contributed by atoms with Crippen molar-refractivity contribution in [2.24, 2.45) is 5.92 Å². The Kier molecular flexibility index (Phi) is 6.10. The Hall–Kier alpha value is -3.24. The van der Waals surface area contributed by atoms with Gasteiger partial charge in [-0.2, -0.15) is 0 Å². The number of ether oxygens (including phenoxy) is 2. The van der Waals surface area contributed by atoms with Gasteiger partial charge in [0.15, 0.2) is 11.4 Å². The lowest BCUT2D eigenvalue weighted by Gasteiger charge is -2.15. The van der Waals surface area contributed by atoms with Crippen molar-refractivity contribution in [3.63, 3.8) is 0 Å². The second-order valence-corrected chi connectivity index (χ2v) is 15.8. The van der Waals surface area contributed by atoms with E-state index in [2.05, 4.69) is 29.9 Å². The highest BCUT2D eigenvalue weighted by molar-refractivity contribution is 6.76. The van der Waals surface area contributed by atoms with E-state index in [1.54, 1.807) is 19.4 Å². The molecule has 0 spiro atoms. The van der Waals surface area contributed by atoms with E-state index in [1.807, 2.05) is 39.7 Å². The number of pyridine rings is 2. The highest BCUT2D eigenvalue weighted by Gasteiger charge is 2.43. The minimum atomic E-state index is -1.22. The molecule has 0 bridgehead atoms. The molecule has 1 aliphatic rings. The number of aromatic nitrogens is 4. The molecule has 1 saturated carbocycles. The summed E-state index contributed by atoms with van der Waals surface area (Å²) in [6.07, 6.45) is 6.76. The third-order valence-corrected chi connectivity index (χ3v) is 7.97. The Bertz CT molecular complexity index is 1390. The molecule has 5 rings (SSSR count). The summed E-state index contributed by atoms with van der Waals surface area (Å²) in [6, 6.07) is 6.71. The molecule has 4 aromatic rings. The van der Waals surface area contributed by atoms with Crippen LogP contribution in [0.3, 0.4) is 0 Å². The molecule has 0 unspecified atom stereocenters. The molecule has 1 N–H and O–H groups in total. The van der Waals surface area contributed by atoms with Crippen molar-refractivity contribution in [2.45, 2.75) is 45.0 Å². The van der Waals surface area contributed by atoms with Gasteiger partial charge in [0.25, 0.3) is 0 Å². The molecule has 4 heterocycles. The van der Waals surface area contributed by atoms with E-state index in [9.17, 15) is 9.18 Å². The van der Waals surface area contributed by atoms with E-state index in [0.29, 0.717) is 30.6 Å². The molecule has 8 nitrogen and oxygen atoms in total. The van der Waals surface area contributed by atoms with Gasteiger partial charge in [0.05, 0.1) is 13.0 Å². The molecule has 1 aliphatic carbocycles. The van der Waals surface area contributed by atoms with Gasteiger partial charge in [0.1, 0.15) is 24.4 Å². The molecule has 184 valence electrons. The number of carbonyl (C=O) groups excluding carboxylic acids is 1. The molecule has 0 aliphatic heterocycles. The van der Waals surface area contributed by atoms with Crippen molar-refractivity contribution in [1.82, 2.24) is 18.9 Å². The van der Waals surface area contributed by atoms with Crippen molar-refractivity contribution in [3.05, 3.63) is 43.0 Å². The summed E-state index contributed by atoms with van der Waals surface area (Å²) < 4.78 is 29.0. The number of nitrogens with zero attached hydrogens (tertiary/aromatic N) is 4. The maximum atomic E-state index is 13.3. The van der Waals surface area contributed by atoms with Gasteiger partial charge in [-0.25, -0.2) is 14.4 Å². The van der Waals surface area contributed by atoms with Gasteiger partial charge in [-0.05, 0) is 30.7 Å². The Morgan fingerprint density at radius 1 is 1.20 bits per heavy atom. The second kappa shape index (κ2) is 9.08. The molecule has 10 heteroatoms. The number of carbonyl (C=O) groups is 1. The molecule has 0 aromatic carbocycles. The first-order valence-electron chi connectivity index (χ1n) is 11.8. The minimum Gasteiger partial charge on any atom is -0.492 e. The standard InChI is InChI=1S/C25H30FN5O3Si/c1-33-22-16(7-9-30-10-8-27-24(22)30)19-14-31(15-34-11-12-35(2,3)4)23-17(19)5-6-21(28-23)29-25(32)18-13-20(18)26/h5-10,14,18,20H,11-13,15H2,1-4H3,(H,28,29,32)/t18-,20+/m1/s1. The highest BCUT2D eigenvalue weighted by Crippen LogP contribution is 2.39. The molecule has 0 radical (unpaired) electrons. The number of alkyl halides is 1. The normalized spacial score (nSPS) is 17.7. The Morgan fingerprint density at radius 2 is 2.00 bits per heavy atom. The summed E-state index contributed by atoms with van der Waals surface area (Å²) in [5, 5.41) is 3.65. The predicted molar refractivity (Wildman–Crippen MR) is 136 cm³/mol. The molecule has 4 aromatic heterocycles. The van der Waals surface area contributed by atoms with Crippen LogP contribution in [-0.2, 0) is 16.3 Å². The van der Waals surface area contributed by atoms with E-state index < -0.39 is 20.2 Å². The maximum Gasteiger partial charge on any atom is 0.231 e. The van der Waals surface area contributed by atoms with E-state index in [0.717, 1.165) is 28.2 Å².